The molecule has 2 nitrogen and oxygen atoms in total. The summed E-state index contributed by atoms with van der Waals surface area (Å²) < 4.78 is 13.5. The minimum Gasteiger partial charge on any atom is -0.360 e. The highest BCUT2D eigenvalue weighted by atomic mass is 19.1. The number of aldehydes is 1. The van der Waals surface area contributed by atoms with Gasteiger partial charge in [-0.2, -0.15) is 0 Å². The lowest BCUT2D eigenvalue weighted by Gasteiger charge is -2.01. The zero-order valence-corrected chi connectivity index (χ0v) is 8.25. The van der Waals surface area contributed by atoms with Crippen LogP contribution in [0.2, 0.25) is 0 Å². The average molecular weight is 203 g/mol. The smallest absolute Gasteiger partial charge is 0.151 e. The molecule has 0 aliphatic rings. The molecule has 2 aromatic rings. The highest BCUT2D eigenvalue weighted by Crippen LogP contribution is 2.25. The summed E-state index contributed by atoms with van der Waals surface area (Å²) in [6, 6.07) is 6.48. The molecule has 2 rings (SSSR count). The normalized spacial score (nSPS) is 10.3. The van der Waals surface area contributed by atoms with Crippen molar-refractivity contribution in [1.29, 1.82) is 0 Å². The first kappa shape index (κ1) is 9.65. The van der Waals surface area contributed by atoms with Gasteiger partial charge in [-0.25, -0.2) is 4.39 Å². The van der Waals surface area contributed by atoms with Gasteiger partial charge in [-0.05, 0) is 24.6 Å². The summed E-state index contributed by atoms with van der Waals surface area (Å²) in [5.74, 6) is -0.292. The van der Waals surface area contributed by atoms with Crippen LogP contribution in [0, 0.1) is 12.7 Å². The van der Waals surface area contributed by atoms with Crippen molar-refractivity contribution in [2.75, 3.05) is 0 Å². The molecule has 1 aromatic carbocycles. The first-order chi connectivity index (χ1) is 7.24. The SMILES string of the molecule is Cc1c(C=O)c[nH]c1-c1ccccc1F. The number of carbonyl (C=O) groups is 1. The molecule has 0 spiro atoms. The van der Waals surface area contributed by atoms with E-state index in [1.807, 2.05) is 0 Å². The van der Waals surface area contributed by atoms with E-state index in [2.05, 4.69) is 4.98 Å². The molecule has 3 heteroatoms. The number of benzene rings is 1. The third-order valence-corrected chi connectivity index (χ3v) is 2.45. The molecule has 15 heavy (non-hydrogen) atoms. The number of carbonyl (C=O) groups excluding carboxylic acids is 1. The van der Waals surface area contributed by atoms with E-state index in [9.17, 15) is 9.18 Å². The van der Waals surface area contributed by atoms with E-state index in [0.717, 1.165) is 11.8 Å². The Morgan fingerprint density at radius 3 is 2.67 bits per heavy atom. The van der Waals surface area contributed by atoms with Crippen LogP contribution < -0.4 is 0 Å². The number of aromatic amines is 1. The van der Waals surface area contributed by atoms with Crippen LogP contribution in [0.15, 0.2) is 30.5 Å². The van der Waals surface area contributed by atoms with Gasteiger partial charge in [0.2, 0.25) is 0 Å². The second-order valence-corrected chi connectivity index (χ2v) is 3.34. The number of rotatable bonds is 2. The van der Waals surface area contributed by atoms with Crippen molar-refractivity contribution >= 4 is 6.29 Å². The Morgan fingerprint density at radius 2 is 2.07 bits per heavy atom. The molecule has 0 bridgehead atoms. The van der Waals surface area contributed by atoms with Gasteiger partial charge in [-0.3, -0.25) is 4.79 Å². The Hall–Kier alpha value is -1.90. The van der Waals surface area contributed by atoms with Gasteiger partial charge in [0, 0.05) is 17.3 Å². The number of halogens is 1. The Balaban J connectivity index is 2.59. The Labute approximate surface area is 86.8 Å². The molecule has 1 heterocycles. The number of hydrogen-bond acceptors (Lipinski definition) is 1. The summed E-state index contributed by atoms with van der Waals surface area (Å²) >= 11 is 0. The predicted octanol–water partition coefficient (Wildman–Crippen LogP) is 2.94. The van der Waals surface area contributed by atoms with Crippen molar-refractivity contribution in [1.82, 2.24) is 4.98 Å². The first-order valence-electron chi connectivity index (χ1n) is 4.62. The monoisotopic (exact) mass is 203 g/mol. The largest absolute Gasteiger partial charge is 0.360 e. The van der Waals surface area contributed by atoms with E-state index < -0.39 is 0 Å². The molecule has 0 aliphatic carbocycles. The van der Waals surface area contributed by atoms with E-state index >= 15 is 0 Å². The lowest BCUT2D eigenvalue weighted by molar-refractivity contribution is 0.112. The van der Waals surface area contributed by atoms with E-state index in [1.165, 1.54) is 6.07 Å². The summed E-state index contributed by atoms with van der Waals surface area (Å²) in [5, 5.41) is 0. The van der Waals surface area contributed by atoms with Crippen LogP contribution in [0.4, 0.5) is 4.39 Å². The lowest BCUT2D eigenvalue weighted by atomic mass is 10.1. The molecule has 0 radical (unpaired) electrons. The first-order valence-corrected chi connectivity index (χ1v) is 4.62. The number of nitrogens with one attached hydrogen (secondary N) is 1. The molecule has 0 unspecified atom stereocenters. The molecule has 0 aliphatic heterocycles. The van der Waals surface area contributed by atoms with E-state index in [-0.39, 0.29) is 5.82 Å². The Morgan fingerprint density at radius 1 is 1.33 bits per heavy atom. The minimum atomic E-state index is -0.292. The van der Waals surface area contributed by atoms with Crippen LogP contribution in [-0.4, -0.2) is 11.3 Å². The molecular weight excluding hydrogens is 193 g/mol. The second-order valence-electron chi connectivity index (χ2n) is 3.34. The summed E-state index contributed by atoms with van der Waals surface area (Å²) in [6.45, 7) is 1.79. The highest BCUT2D eigenvalue weighted by molar-refractivity contribution is 5.82. The fraction of sp³-hybridized carbons (Fsp3) is 0.0833. The Kier molecular flexibility index (Phi) is 2.37. The van der Waals surface area contributed by atoms with Gasteiger partial charge < -0.3 is 4.98 Å². The van der Waals surface area contributed by atoms with Crippen LogP contribution in [0.25, 0.3) is 11.3 Å². The zero-order chi connectivity index (χ0) is 10.8. The summed E-state index contributed by atoms with van der Waals surface area (Å²) in [7, 11) is 0. The molecule has 1 N–H and O–H groups in total. The number of H-pyrrole nitrogens is 1. The molecule has 0 amide bonds. The standard InChI is InChI=1S/C12H10FNO/c1-8-9(7-15)6-14-12(8)10-4-2-3-5-11(10)13/h2-7,14H,1H3. The molecule has 76 valence electrons. The third-order valence-electron chi connectivity index (χ3n) is 2.45. The van der Waals surface area contributed by atoms with Gasteiger partial charge in [0.15, 0.2) is 6.29 Å². The van der Waals surface area contributed by atoms with Crippen molar-refractivity contribution in [3.63, 3.8) is 0 Å². The fourth-order valence-electron chi connectivity index (χ4n) is 1.58. The quantitative estimate of drug-likeness (QED) is 0.748. The van der Waals surface area contributed by atoms with Gasteiger partial charge >= 0.3 is 0 Å². The number of hydrogen-bond donors (Lipinski definition) is 1. The van der Waals surface area contributed by atoms with Gasteiger partial charge in [0.05, 0.1) is 5.69 Å². The van der Waals surface area contributed by atoms with Crippen molar-refractivity contribution in [3.05, 3.63) is 47.4 Å². The maximum Gasteiger partial charge on any atom is 0.151 e. The van der Waals surface area contributed by atoms with Crippen LogP contribution in [0.3, 0.4) is 0 Å². The van der Waals surface area contributed by atoms with E-state index in [4.69, 9.17) is 0 Å². The van der Waals surface area contributed by atoms with Gasteiger partial charge in [-0.1, -0.05) is 12.1 Å². The van der Waals surface area contributed by atoms with Crippen molar-refractivity contribution in [2.24, 2.45) is 0 Å². The van der Waals surface area contributed by atoms with Crippen LogP contribution in [-0.2, 0) is 0 Å². The van der Waals surface area contributed by atoms with Crippen LogP contribution in [0.5, 0.6) is 0 Å². The Bertz CT molecular complexity index is 502. The predicted molar refractivity (Wildman–Crippen MR) is 56.3 cm³/mol. The molecule has 0 atom stereocenters. The van der Waals surface area contributed by atoms with Gasteiger partial charge in [0.25, 0.3) is 0 Å². The zero-order valence-electron chi connectivity index (χ0n) is 8.25. The number of aromatic nitrogens is 1. The second kappa shape index (κ2) is 3.69. The molecule has 1 aromatic heterocycles. The molecule has 0 saturated heterocycles. The van der Waals surface area contributed by atoms with Crippen molar-refractivity contribution < 1.29 is 9.18 Å². The maximum atomic E-state index is 13.5. The van der Waals surface area contributed by atoms with Gasteiger partial charge in [0.1, 0.15) is 5.82 Å². The summed E-state index contributed by atoms with van der Waals surface area (Å²) in [5.41, 5.74) is 2.49. The lowest BCUT2D eigenvalue weighted by Crippen LogP contribution is -1.86. The maximum absolute atomic E-state index is 13.5. The van der Waals surface area contributed by atoms with Crippen molar-refractivity contribution in [2.45, 2.75) is 6.92 Å². The molecule has 0 fully saturated rings. The van der Waals surface area contributed by atoms with E-state index in [1.54, 1.807) is 31.3 Å². The molecular formula is C12H10FNO. The average Bonchev–Trinajstić information content (AvgIpc) is 2.60. The van der Waals surface area contributed by atoms with Crippen LogP contribution >= 0.6 is 0 Å². The van der Waals surface area contributed by atoms with Crippen molar-refractivity contribution in [3.8, 4) is 11.3 Å². The minimum absolute atomic E-state index is 0.292. The van der Waals surface area contributed by atoms with Crippen LogP contribution in [0.1, 0.15) is 15.9 Å². The van der Waals surface area contributed by atoms with Gasteiger partial charge in [-0.15, -0.1) is 0 Å². The molecule has 0 saturated carbocycles. The van der Waals surface area contributed by atoms with E-state index in [0.29, 0.717) is 16.8 Å². The highest BCUT2D eigenvalue weighted by Gasteiger charge is 2.11. The third kappa shape index (κ3) is 1.56. The summed E-state index contributed by atoms with van der Waals surface area (Å²) in [6.07, 6.45) is 2.35. The summed E-state index contributed by atoms with van der Waals surface area (Å²) in [4.78, 5) is 13.6. The topological polar surface area (TPSA) is 32.9 Å². The fourth-order valence-corrected chi connectivity index (χ4v) is 1.58.